The van der Waals surface area contributed by atoms with Crippen LogP contribution in [0.4, 0.5) is 5.69 Å². The number of benzene rings is 2. The van der Waals surface area contributed by atoms with Crippen molar-refractivity contribution in [2.24, 2.45) is 0 Å². The molecular weight excluding hydrogens is 380 g/mol. The molecule has 0 fully saturated rings. The van der Waals surface area contributed by atoms with Crippen LogP contribution < -0.4 is 10.6 Å². The molecule has 0 heterocycles. The highest BCUT2D eigenvalue weighted by atomic mass is 79.9. The molecule has 0 radical (unpaired) electrons. The summed E-state index contributed by atoms with van der Waals surface area (Å²) < 4.78 is 1.05. The van der Waals surface area contributed by atoms with Crippen molar-refractivity contribution < 1.29 is 9.59 Å². The summed E-state index contributed by atoms with van der Waals surface area (Å²) in [5, 5.41) is 5.63. The van der Waals surface area contributed by atoms with Crippen LogP contribution in [0.15, 0.2) is 65.7 Å². The largest absolute Gasteiger partial charge is 0.356 e. The Labute approximate surface area is 156 Å². The SMILES string of the molecule is C=CC(=O)Nc1ccc(CCC(=O)NCCc2ccc(Br)cc2)cc1. The van der Waals surface area contributed by atoms with E-state index in [0.29, 0.717) is 25.1 Å². The number of carbonyl (C=O) groups is 2. The van der Waals surface area contributed by atoms with Crippen LogP contribution in [-0.4, -0.2) is 18.4 Å². The van der Waals surface area contributed by atoms with Gasteiger partial charge in [-0.05, 0) is 54.3 Å². The van der Waals surface area contributed by atoms with Gasteiger partial charge in [0.1, 0.15) is 0 Å². The molecule has 0 bridgehead atoms. The van der Waals surface area contributed by atoms with E-state index in [1.807, 2.05) is 48.5 Å². The van der Waals surface area contributed by atoms with Gasteiger partial charge in [0.25, 0.3) is 0 Å². The van der Waals surface area contributed by atoms with Crippen LogP contribution in [0.5, 0.6) is 0 Å². The second kappa shape index (κ2) is 9.79. The Hall–Kier alpha value is -2.40. The maximum absolute atomic E-state index is 11.9. The molecule has 2 aromatic carbocycles. The molecule has 2 aromatic rings. The fourth-order valence-corrected chi connectivity index (χ4v) is 2.56. The lowest BCUT2D eigenvalue weighted by Crippen LogP contribution is -2.25. The molecule has 2 N–H and O–H groups in total. The fourth-order valence-electron chi connectivity index (χ4n) is 2.29. The maximum Gasteiger partial charge on any atom is 0.247 e. The van der Waals surface area contributed by atoms with Crippen molar-refractivity contribution in [1.82, 2.24) is 5.32 Å². The van der Waals surface area contributed by atoms with Gasteiger partial charge in [-0.3, -0.25) is 9.59 Å². The molecule has 0 aliphatic rings. The minimum atomic E-state index is -0.238. The van der Waals surface area contributed by atoms with Gasteiger partial charge >= 0.3 is 0 Å². The number of anilines is 1. The molecule has 4 nitrogen and oxygen atoms in total. The molecule has 0 unspecified atom stereocenters. The summed E-state index contributed by atoms with van der Waals surface area (Å²) in [6, 6.07) is 15.6. The van der Waals surface area contributed by atoms with Crippen molar-refractivity contribution in [2.45, 2.75) is 19.3 Å². The second-order valence-electron chi connectivity index (χ2n) is 5.62. The Balaban J connectivity index is 1.69. The standard InChI is InChI=1S/C20H21BrN2O2/c1-2-19(24)23-18-10-5-15(6-11-18)7-12-20(25)22-14-13-16-3-8-17(21)9-4-16/h2-6,8-11H,1,7,12-14H2,(H,22,25)(H,23,24). The summed E-state index contributed by atoms with van der Waals surface area (Å²) in [6.07, 6.45) is 3.15. The van der Waals surface area contributed by atoms with Crippen LogP contribution in [-0.2, 0) is 22.4 Å². The number of rotatable bonds is 8. The molecule has 2 amide bonds. The van der Waals surface area contributed by atoms with Crippen molar-refractivity contribution in [3.05, 3.63) is 76.8 Å². The van der Waals surface area contributed by atoms with Crippen molar-refractivity contribution in [3.63, 3.8) is 0 Å². The number of aryl methyl sites for hydroxylation is 1. The van der Waals surface area contributed by atoms with Gasteiger partial charge < -0.3 is 10.6 Å². The van der Waals surface area contributed by atoms with Crippen LogP contribution in [0.1, 0.15) is 17.5 Å². The Morgan fingerprint density at radius 3 is 2.20 bits per heavy atom. The van der Waals surface area contributed by atoms with E-state index in [1.165, 1.54) is 11.6 Å². The lowest BCUT2D eigenvalue weighted by molar-refractivity contribution is -0.121. The van der Waals surface area contributed by atoms with E-state index in [-0.39, 0.29) is 11.8 Å². The smallest absolute Gasteiger partial charge is 0.247 e. The first kappa shape index (κ1) is 18.9. The maximum atomic E-state index is 11.9. The Morgan fingerprint density at radius 2 is 1.56 bits per heavy atom. The summed E-state index contributed by atoms with van der Waals surface area (Å²) in [5.41, 5.74) is 2.97. The van der Waals surface area contributed by atoms with Gasteiger partial charge in [0.05, 0.1) is 0 Å². The Bertz CT molecular complexity index is 724. The summed E-state index contributed by atoms with van der Waals surface area (Å²) in [6.45, 7) is 4.04. The van der Waals surface area contributed by atoms with E-state index in [1.54, 1.807) is 0 Å². The first-order chi connectivity index (χ1) is 12.1. The number of amides is 2. The number of carbonyl (C=O) groups excluding carboxylic acids is 2. The van der Waals surface area contributed by atoms with Gasteiger partial charge in [-0.1, -0.05) is 46.8 Å². The van der Waals surface area contributed by atoms with Crippen LogP contribution in [0.3, 0.4) is 0 Å². The average molecular weight is 401 g/mol. The number of hydrogen-bond acceptors (Lipinski definition) is 2. The highest BCUT2D eigenvalue weighted by Gasteiger charge is 2.03. The molecule has 25 heavy (non-hydrogen) atoms. The topological polar surface area (TPSA) is 58.2 Å². The third-order valence-corrected chi connectivity index (χ3v) is 4.23. The van der Waals surface area contributed by atoms with Gasteiger partial charge in [-0.2, -0.15) is 0 Å². The fraction of sp³-hybridized carbons (Fsp3) is 0.200. The van der Waals surface area contributed by atoms with Crippen molar-refractivity contribution >= 4 is 33.4 Å². The molecule has 2 rings (SSSR count). The van der Waals surface area contributed by atoms with Gasteiger partial charge in [0.2, 0.25) is 11.8 Å². The Kier molecular flexibility index (Phi) is 7.41. The minimum Gasteiger partial charge on any atom is -0.356 e. The summed E-state index contributed by atoms with van der Waals surface area (Å²) in [5.74, 6) is -0.195. The zero-order valence-electron chi connectivity index (χ0n) is 13.9. The van der Waals surface area contributed by atoms with Crippen LogP contribution in [0.2, 0.25) is 0 Å². The van der Waals surface area contributed by atoms with Crippen LogP contribution >= 0.6 is 15.9 Å². The molecule has 0 aliphatic carbocycles. The number of nitrogens with one attached hydrogen (secondary N) is 2. The lowest BCUT2D eigenvalue weighted by Gasteiger charge is -2.07. The quantitative estimate of drug-likeness (QED) is 0.660. The summed E-state index contributed by atoms with van der Waals surface area (Å²) in [4.78, 5) is 23.1. The number of halogens is 1. The lowest BCUT2D eigenvalue weighted by atomic mass is 10.1. The third kappa shape index (κ3) is 6.93. The van der Waals surface area contributed by atoms with Crippen LogP contribution in [0.25, 0.3) is 0 Å². The predicted molar refractivity (Wildman–Crippen MR) is 104 cm³/mol. The Morgan fingerprint density at radius 1 is 0.960 bits per heavy atom. The first-order valence-corrected chi connectivity index (χ1v) is 8.89. The zero-order valence-corrected chi connectivity index (χ0v) is 15.5. The van der Waals surface area contributed by atoms with Crippen molar-refractivity contribution in [3.8, 4) is 0 Å². The molecule has 0 saturated carbocycles. The first-order valence-electron chi connectivity index (χ1n) is 8.10. The molecule has 0 saturated heterocycles. The van der Waals surface area contributed by atoms with E-state index in [2.05, 4.69) is 33.1 Å². The highest BCUT2D eigenvalue weighted by Crippen LogP contribution is 2.12. The van der Waals surface area contributed by atoms with Gasteiger partial charge in [-0.15, -0.1) is 0 Å². The molecular formula is C20H21BrN2O2. The molecule has 0 atom stereocenters. The molecule has 5 heteroatoms. The zero-order chi connectivity index (χ0) is 18.1. The van der Waals surface area contributed by atoms with Gasteiger partial charge in [0.15, 0.2) is 0 Å². The van der Waals surface area contributed by atoms with Crippen LogP contribution in [0, 0.1) is 0 Å². The third-order valence-electron chi connectivity index (χ3n) is 3.70. The normalized spacial score (nSPS) is 10.1. The summed E-state index contributed by atoms with van der Waals surface area (Å²) in [7, 11) is 0. The molecule has 0 spiro atoms. The van der Waals surface area contributed by atoms with E-state index in [4.69, 9.17) is 0 Å². The van der Waals surface area contributed by atoms with Gasteiger partial charge in [-0.25, -0.2) is 0 Å². The minimum absolute atomic E-state index is 0.0427. The molecule has 0 aromatic heterocycles. The molecule has 0 aliphatic heterocycles. The number of hydrogen-bond donors (Lipinski definition) is 2. The van der Waals surface area contributed by atoms with Gasteiger partial charge in [0, 0.05) is 23.1 Å². The molecule has 130 valence electrons. The van der Waals surface area contributed by atoms with E-state index >= 15 is 0 Å². The van der Waals surface area contributed by atoms with Crippen molar-refractivity contribution in [2.75, 3.05) is 11.9 Å². The monoisotopic (exact) mass is 400 g/mol. The van der Waals surface area contributed by atoms with Crippen molar-refractivity contribution in [1.29, 1.82) is 0 Å². The van der Waals surface area contributed by atoms with E-state index < -0.39 is 0 Å². The van der Waals surface area contributed by atoms with E-state index in [9.17, 15) is 9.59 Å². The average Bonchev–Trinajstić information content (AvgIpc) is 2.62. The highest BCUT2D eigenvalue weighted by molar-refractivity contribution is 9.10. The second-order valence-corrected chi connectivity index (χ2v) is 6.53. The summed E-state index contributed by atoms with van der Waals surface area (Å²) >= 11 is 3.40. The van der Waals surface area contributed by atoms with E-state index in [0.717, 1.165) is 16.5 Å². The predicted octanol–water partition coefficient (Wildman–Crippen LogP) is 3.87.